The average molecular weight is 468 g/mol. The normalized spacial score (nSPS) is 15.4. The number of aryl methyl sites for hydroxylation is 1. The predicted molar refractivity (Wildman–Crippen MR) is 126 cm³/mol. The molecule has 0 saturated carbocycles. The van der Waals surface area contributed by atoms with Crippen molar-refractivity contribution in [3.63, 3.8) is 0 Å². The molecule has 2 N–H and O–H groups in total. The summed E-state index contributed by atoms with van der Waals surface area (Å²) in [6.45, 7) is 4.20. The second-order valence-corrected chi connectivity index (χ2v) is 10.0. The largest absolute Gasteiger partial charge is 0.468 e. The van der Waals surface area contributed by atoms with E-state index in [1.807, 2.05) is 42.5 Å². The van der Waals surface area contributed by atoms with Crippen molar-refractivity contribution in [2.24, 2.45) is 0 Å². The molecule has 1 aromatic heterocycles. The number of furan rings is 1. The summed E-state index contributed by atoms with van der Waals surface area (Å²) >= 11 is 0. The Kier molecular flexibility index (Phi) is 7.27. The topological polar surface area (TPSA) is 91.7 Å². The molecule has 7 nitrogen and oxygen atoms in total. The Labute approximate surface area is 194 Å². The molecule has 0 radical (unpaired) electrons. The molecule has 1 amide bonds. The van der Waals surface area contributed by atoms with E-state index in [1.165, 1.54) is 6.07 Å². The molecule has 0 spiro atoms. The van der Waals surface area contributed by atoms with Crippen molar-refractivity contribution < 1.29 is 17.6 Å². The zero-order valence-electron chi connectivity index (χ0n) is 18.7. The average Bonchev–Trinajstić information content (AvgIpc) is 3.54. The molecule has 174 valence electrons. The van der Waals surface area contributed by atoms with Gasteiger partial charge in [0.25, 0.3) is 5.91 Å². The van der Waals surface area contributed by atoms with E-state index in [9.17, 15) is 13.2 Å². The number of hydrogen-bond donors (Lipinski definition) is 2. The summed E-state index contributed by atoms with van der Waals surface area (Å²) in [5.74, 6) is 0.500. The van der Waals surface area contributed by atoms with Crippen LogP contribution in [0.2, 0.25) is 0 Å². The van der Waals surface area contributed by atoms with Crippen molar-refractivity contribution in [2.45, 2.75) is 37.2 Å². The lowest BCUT2D eigenvalue weighted by atomic mass is 10.1. The molecule has 0 aliphatic carbocycles. The molecule has 1 saturated heterocycles. The molecule has 0 bridgehead atoms. The highest BCUT2D eigenvalue weighted by atomic mass is 32.2. The summed E-state index contributed by atoms with van der Waals surface area (Å²) in [5, 5.41) is 2.96. The Morgan fingerprint density at radius 2 is 1.82 bits per heavy atom. The minimum atomic E-state index is -3.78. The van der Waals surface area contributed by atoms with Crippen molar-refractivity contribution in [1.29, 1.82) is 0 Å². The van der Waals surface area contributed by atoms with Crippen molar-refractivity contribution in [1.82, 2.24) is 14.9 Å². The van der Waals surface area contributed by atoms with Gasteiger partial charge < -0.3 is 9.73 Å². The zero-order valence-corrected chi connectivity index (χ0v) is 19.5. The predicted octanol–water partition coefficient (Wildman–Crippen LogP) is 3.63. The second kappa shape index (κ2) is 10.3. The first kappa shape index (κ1) is 23.2. The van der Waals surface area contributed by atoms with Gasteiger partial charge >= 0.3 is 0 Å². The maximum atomic E-state index is 12.9. The van der Waals surface area contributed by atoms with Crippen LogP contribution in [0.25, 0.3) is 0 Å². The van der Waals surface area contributed by atoms with Crippen LogP contribution in [0.4, 0.5) is 0 Å². The lowest BCUT2D eigenvalue weighted by Gasteiger charge is -2.26. The summed E-state index contributed by atoms with van der Waals surface area (Å²) in [7, 11) is -3.78. The molecule has 2 heterocycles. The standard InChI is InChI=1S/C25H29N3O4S/c1-19-11-12-21(16-24(19)33(30,31)27-17-20-8-3-2-4-9-20)25(29)26-18-22(23-10-7-15-32-23)28-13-5-6-14-28/h2-4,7-12,15-16,22,27H,5-6,13-14,17-18H2,1H3,(H,26,29)/t22-/m0/s1. The molecule has 1 atom stereocenters. The van der Waals surface area contributed by atoms with Gasteiger partial charge in [-0.2, -0.15) is 0 Å². The fourth-order valence-electron chi connectivity index (χ4n) is 4.12. The quantitative estimate of drug-likeness (QED) is 0.501. The van der Waals surface area contributed by atoms with E-state index in [0.717, 1.165) is 37.3 Å². The van der Waals surface area contributed by atoms with Gasteiger partial charge in [-0.05, 0) is 68.2 Å². The molecule has 1 aliphatic heterocycles. The number of nitrogens with zero attached hydrogens (tertiary/aromatic N) is 1. The van der Waals surface area contributed by atoms with Crippen LogP contribution < -0.4 is 10.0 Å². The molecule has 4 rings (SSSR count). The van der Waals surface area contributed by atoms with E-state index in [0.29, 0.717) is 17.7 Å². The molecule has 3 aromatic rings. The van der Waals surface area contributed by atoms with Crippen LogP contribution in [0, 0.1) is 6.92 Å². The van der Waals surface area contributed by atoms with E-state index in [4.69, 9.17) is 4.42 Å². The van der Waals surface area contributed by atoms with E-state index in [-0.39, 0.29) is 23.4 Å². The van der Waals surface area contributed by atoms with Crippen molar-refractivity contribution in [3.05, 3.63) is 89.4 Å². The Hall–Kier alpha value is -2.94. The van der Waals surface area contributed by atoms with Gasteiger partial charge in [-0.1, -0.05) is 36.4 Å². The monoisotopic (exact) mass is 467 g/mol. The lowest BCUT2D eigenvalue weighted by Crippen LogP contribution is -2.36. The highest BCUT2D eigenvalue weighted by molar-refractivity contribution is 7.89. The summed E-state index contributed by atoms with van der Waals surface area (Å²) in [6, 6.07) is 17.8. The van der Waals surface area contributed by atoms with E-state index in [1.54, 1.807) is 25.3 Å². The third kappa shape index (κ3) is 5.71. The number of nitrogens with one attached hydrogen (secondary N) is 2. The number of amides is 1. The molecule has 8 heteroatoms. The summed E-state index contributed by atoms with van der Waals surface area (Å²) in [6.07, 6.45) is 3.89. The number of rotatable bonds is 9. The van der Waals surface area contributed by atoms with Gasteiger partial charge in [-0.3, -0.25) is 9.69 Å². The number of sulfonamides is 1. The number of hydrogen-bond acceptors (Lipinski definition) is 5. The first-order valence-electron chi connectivity index (χ1n) is 11.1. The van der Waals surface area contributed by atoms with Gasteiger partial charge in [-0.25, -0.2) is 13.1 Å². The van der Waals surface area contributed by atoms with Gasteiger partial charge in [0.05, 0.1) is 17.2 Å². The summed E-state index contributed by atoms with van der Waals surface area (Å²) < 4.78 is 34.1. The fourth-order valence-corrected chi connectivity index (χ4v) is 5.40. The lowest BCUT2D eigenvalue weighted by molar-refractivity contribution is 0.0933. The highest BCUT2D eigenvalue weighted by Gasteiger charge is 2.26. The SMILES string of the molecule is Cc1ccc(C(=O)NC[C@@H](c2ccco2)N2CCCC2)cc1S(=O)(=O)NCc1ccccc1. The highest BCUT2D eigenvalue weighted by Crippen LogP contribution is 2.25. The number of benzene rings is 2. The fraction of sp³-hybridized carbons (Fsp3) is 0.320. The van der Waals surface area contributed by atoms with E-state index < -0.39 is 10.0 Å². The molecule has 1 aliphatic rings. The maximum Gasteiger partial charge on any atom is 0.251 e. The zero-order chi connectivity index (χ0) is 23.3. The first-order valence-corrected chi connectivity index (χ1v) is 12.6. The summed E-state index contributed by atoms with van der Waals surface area (Å²) in [4.78, 5) is 15.3. The van der Waals surface area contributed by atoms with Crippen LogP contribution in [0.3, 0.4) is 0 Å². The van der Waals surface area contributed by atoms with Gasteiger partial charge in [-0.15, -0.1) is 0 Å². The Morgan fingerprint density at radius 1 is 1.06 bits per heavy atom. The second-order valence-electron chi connectivity index (χ2n) is 8.27. The molecule has 1 fully saturated rings. The molecule has 33 heavy (non-hydrogen) atoms. The van der Waals surface area contributed by atoms with Gasteiger partial charge in [0.2, 0.25) is 10.0 Å². The molecular formula is C25H29N3O4S. The summed E-state index contributed by atoms with van der Waals surface area (Å²) in [5.41, 5.74) is 1.75. The van der Waals surface area contributed by atoms with Crippen LogP contribution >= 0.6 is 0 Å². The maximum absolute atomic E-state index is 12.9. The Balaban J connectivity index is 1.46. The van der Waals surface area contributed by atoms with Gasteiger partial charge in [0, 0.05) is 18.7 Å². The molecule has 2 aromatic carbocycles. The number of likely N-dealkylation sites (tertiary alicyclic amines) is 1. The third-order valence-corrected chi connectivity index (χ3v) is 7.50. The Morgan fingerprint density at radius 3 is 2.52 bits per heavy atom. The van der Waals surface area contributed by atoms with Crippen LogP contribution in [0.15, 0.2) is 76.2 Å². The van der Waals surface area contributed by atoms with E-state index >= 15 is 0 Å². The minimum absolute atomic E-state index is 0.0485. The Bertz CT molecular complexity index is 1170. The minimum Gasteiger partial charge on any atom is -0.468 e. The first-order chi connectivity index (χ1) is 15.9. The van der Waals surface area contributed by atoms with Crippen molar-refractivity contribution in [3.8, 4) is 0 Å². The van der Waals surface area contributed by atoms with Crippen molar-refractivity contribution >= 4 is 15.9 Å². The smallest absolute Gasteiger partial charge is 0.251 e. The number of carbonyl (C=O) groups is 1. The van der Waals surface area contributed by atoms with Crippen LogP contribution in [-0.4, -0.2) is 38.9 Å². The van der Waals surface area contributed by atoms with Crippen LogP contribution in [0.1, 0.15) is 46.1 Å². The third-order valence-electron chi connectivity index (χ3n) is 5.96. The van der Waals surface area contributed by atoms with Crippen molar-refractivity contribution in [2.75, 3.05) is 19.6 Å². The van der Waals surface area contributed by atoms with Gasteiger partial charge in [0.1, 0.15) is 5.76 Å². The van der Waals surface area contributed by atoms with Crippen LogP contribution in [0.5, 0.6) is 0 Å². The van der Waals surface area contributed by atoms with Crippen LogP contribution in [-0.2, 0) is 16.6 Å². The molecular weight excluding hydrogens is 438 g/mol. The van der Waals surface area contributed by atoms with Gasteiger partial charge in [0.15, 0.2) is 0 Å². The van der Waals surface area contributed by atoms with E-state index in [2.05, 4.69) is 14.9 Å². The molecule has 0 unspecified atom stereocenters. The number of carbonyl (C=O) groups excluding carboxylic acids is 1.